The van der Waals surface area contributed by atoms with E-state index in [0.717, 1.165) is 5.56 Å². The largest absolute Gasteiger partial charge is 0.497 e. The summed E-state index contributed by atoms with van der Waals surface area (Å²) in [6, 6.07) is 6.70. The number of aromatic nitrogens is 2. The molecule has 8 nitrogen and oxygen atoms in total. The molecule has 0 spiro atoms. The molecule has 0 bridgehead atoms. The highest BCUT2D eigenvalue weighted by Gasteiger charge is 2.15. The first-order chi connectivity index (χ1) is 12.1. The Morgan fingerprint density at radius 1 is 1.16 bits per heavy atom. The lowest BCUT2D eigenvalue weighted by Gasteiger charge is -2.18. The van der Waals surface area contributed by atoms with E-state index in [1.165, 1.54) is 0 Å². The third-order valence-electron chi connectivity index (χ3n) is 3.51. The second-order valence-corrected chi connectivity index (χ2v) is 5.23. The number of nitrogens with one attached hydrogen (secondary N) is 3. The van der Waals surface area contributed by atoms with Gasteiger partial charge in [-0.25, -0.2) is 14.8 Å². The van der Waals surface area contributed by atoms with Gasteiger partial charge in [0.1, 0.15) is 11.5 Å². The smallest absolute Gasteiger partial charge is 0.315 e. The van der Waals surface area contributed by atoms with Crippen LogP contribution < -0.4 is 25.4 Å². The molecule has 0 saturated heterocycles. The van der Waals surface area contributed by atoms with Crippen LogP contribution in [0.3, 0.4) is 0 Å². The molecular weight excluding hydrogens is 322 g/mol. The summed E-state index contributed by atoms with van der Waals surface area (Å²) in [5.74, 6) is 1.92. The molecule has 25 heavy (non-hydrogen) atoms. The molecule has 0 aliphatic rings. The highest BCUT2D eigenvalue weighted by molar-refractivity contribution is 5.74. The lowest BCUT2D eigenvalue weighted by Crippen LogP contribution is -2.39. The SMILES string of the molecule is COc1ccc(OC)c([C@H](C)NC(=O)NCCNc2ncccn2)c1. The van der Waals surface area contributed by atoms with Gasteiger partial charge in [0.15, 0.2) is 0 Å². The van der Waals surface area contributed by atoms with Gasteiger partial charge >= 0.3 is 6.03 Å². The molecule has 0 radical (unpaired) electrons. The van der Waals surface area contributed by atoms with E-state index in [0.29, 0.717) is 30.5 Å². The first-order valence-corrected chi connectivity index (χ1v) is 7.91. The van der Waals surface area contributed by atoms with E-state index in [9.17, 15) is 4.79 Å². The molecule has 0 aliphatic carbocycles. The minimum Gasteiger partial charge on any atom is -0.497 e. The quantitative estimate of drug-likeness (QED) is 0.633. The predicted molar refractivity (Wildman–Crippen MR) is 95.0 cm³/mol. The van der Waals surface area contributed by atoms with Gasteiger partial charge in [-0.05, 0) is 31.2 Å². The monoisotopic (exact) mass is 345 g/mol. The zero-order valence-corrected chi connectivity index (χ0v) is 14.6. The number of benzene rings is 1. The molecule has 1 aromatic carbocycles. The van der Waals surface area contributed by atoms with Crippen LogP contribution in [0, 0.1) is 0 Å². The van der Waals surface area contributed by atoms with Gasteiger partial charge < -0.3 is 25.4 Å². The number of hydrogen-bond acceptors (Lipinski definition) is 6. The summed E-state index contributed by atoms with van der Waals surface area (Å²) in [6.45, 7) is 2.84. The van der Waals surface area contributed by atoms with E-state index in [2.05, 4.69) is 25.9 Å². The third kappa shape index (κ3) is 5.52. The van der Waals surface area contributed by atoms with Crippen molar-refractivity contribution < 1.29 is 14.3 Å². The second-order valence-electron chi connectivity index (χ2n) is 5.23. The Kier molecular flexibility index (Phi) is 6.82. The molecule has 0 unspecified atom stereocenters. The van der Waals surface area contributed by atoms with E-state index < -0.39 is 0 Å². The fourth-order valence-electron chi connectivity index (χ4n) is 2.24. The van der Waals surface area contributed by atoms with Crippen molar-refractivity contribution in [2.75, 3.05) is 32.6 Å². The number of anilines is 1. The third-order valence-corrected chi connectivity index (χ3v) is 3.51. The van der Waals surface area contributed by atoms with Gasteiger partial charge in [0.25, 0.3) is 0 Å². The van der Waals surface area contributed by atoms with Gasteiger partial charge in [0.05, 0.1) is 20.3 Å². The fourth-order valence-corrected chi connectivity index (χ4v) is 2.24. The van der Waals surface area contributed by atoms with Crippen LogP contribution in [0.5, 0.6) is 11.5 Å². The molecule has 1 heterocycles. The number of carbonyl (C=O) groups excluding carboxylic acids is 1. The van der Waals surface area contributed by atoms with Gasteiger partial charge in [-0.1, -0.05) is 0 Å². The summed E-state index contributed by atoms with van der Waals surface area (Å²) in [5, 5.41) is 8.67. The topological polar surface area (TPSA) is 97.4 Å². The lowest BCUT2D eigenvalue weighted by molar-refractivity contribution is 0.238. The number of rotatable bonds is 8. The van der Waals surface area contributed by atoms with Gasteiger partial charge in [0.2, 0.25) is 5.95 Å². The van der Waals surface area contributed by atoms with Crippen molar-refractivity contribution in [1.29, 1.82) is 0 Å². The number of nitrogens with zero attached hydrogens (tertiary/aromatic N) is 2. The number of hydrogen-bond donors (Lipinski definition) is 3. The first kappa shape index (κ1) is 18.3. The lowest BCUT2D eigenvalue weighted by atomic mass is 10.1. The minimum atomic E-state index is -0.270. The van der Waals surface area contributed by atoms with E-state index >= 15 is 0 Å². The minimum absolute atomic E-state index is 0.240. The van der Waals surface area contributed by atoms with Gasteiger partial charge in [0, 0.05) is 31.0 Å². The number of ether oxygens (including phenoxy) is 2. The zero-order chi connectivity index (χ0) is 18.1. The van der Waals surface area contributed by atoms with Crippen LogP contribution in [0.25, 0.3) is 0 Å². The molecule has 0 saturated carbocycles. The van der Waals surface area contributed by atoms with Crippen LogP contribution in [0.1, 0.15) is 18.5 Å². The van der Waals surface area contributed by atoms with Crippen LogP contribution in [0.15, 0.2) is 36.7 Å². The Morgan fingerprint density at radius 2 is 1.92 bits per heavy atom. The average molecular weight is 345 g/mol. The van der Waals surface area contributed by atoms with E-state index in [1.807, 2.05) is 25.1 Å². The van der Waals surface area contributed by atoms with E-state index in [4.69, 9.17) is 9.47 Å². The summed E-state index contributed by atoms with van der Waals surface area (Å²) in [7, 11) is 3.19. The molecule has 8 heteroatoms. The van der Waals surface area contributed by atoms with Crippen molar-refractivity contribution in [1.82, 2.24) is 20.6 Å². The molecular formula is C17H23N5O3. The highest BCUT2D eigenvalue weighted by atomic mass is 16.5. The van der Waals surface area contributed by atoms with Crippen LogP contribution >= 0.6 is 0 Å². The maximum Gasteiger partial charge on any atom is 0.315 e. The summed E-state index contributed by atoms with van der Waals surface area (Å²) in [4.78, 5) is 20.1. The fraction of sp³-hybridized carbons (Fsp3) is 0.353. The van der Waals surface area contributed by atoms with E-state index in [1.54, 1.807) is 32.7 Å². The Hall–Kier alpha value is -3.03. The maximum atomic E-state index is 12.0. The van der Waals surface area contributed by atoms with Crippen molar-refractivity contribution in [3.8, 4) is 11.5 Å². The number of urea groups is 1. The Bertz CT molecular complexity index is 681. The Balaban J connectivity index is 1.81. The van der Waals surface area contributed by atoms with Crippen molar-refractivity contribution in [3.63, 3.8) is 0 Å². The normalized spacial score (nSPS) is 11.3. The van der Waals surface area contributed by atoms with Crippen molar-refractivity contribution in [2.45, 2.75) is 13.0 Å². The van der Waals surface area contributed by atoms with Crippen molar-refractivity contribution >= 4 is 12.0 Å². The Labute approximate surface area is 147 Å². The van der Waals surface area contributed by atoms with Crippen molar-refractivity contribution in [2.24, 2.45) is 0 Å². The molecule has 0 fully saturated rings. The summed E-state index contributed by atoms with van der Waals surface area (Å²) < 4.78 is 10.6. The maximum absolute atomic E-state index is 12.0. The molecule has 2 aromatic rings. The molecule has 0 aliphatic heterocycles. The van der Waals surface area contributed by atoms with Gasteiger partial charge in [-0.2, -0.15) is 0 Å². The van der Waals surface area contributed by atoms with Crippen LogP contribution in [0.4, 0.5) is 10.7 Å². The summed E-state index contributed by atoms with van der Waals surface area (Å²) in [5.41, 5.74) is 0.841. The molecule has 1 atom stereocenters. The van der Waals surface area contributed by atoms with Crippen LogP contribution in [0.2, 0.25) is 0 Å². The van der Waals surface area contributed by atoms with Crippen LogP contribution in [-0.4, -0.2) is 43.3 Å². The Morgan fingerprint density at radius 3 is 2.60 bits per heavy atom. The van der Waals surface area contributed by atoms with Crippen LogP contribution in [-0.2, 0) is 0 Å². The van der Waals surface area contributed by atoms with E-state index in [-0.39, 0.29) is 12.1 Å². The van der Waals surface area contributed by atoms with Gasteiger partial charge in [-0.3, -0.25) is 0 Å². The standard InChI is InChI=1S/C17H23N5O3/c1-12(14-11-13(24-2)5-6-15(14)25-3)22-17(23)21-10-9-20-16-18-7-4-8-19-16/h4-8,11-12H,9-10H2,1-3H3,(H,18,19,20)(H2,21,22,23)/t12-/m0/s1. The average Bonchev–Trinajstić information content (AvgIpc) is 2.65. The summed E-state index contributed by atoms with van der Waals surface area (Å²) in [6.07, 6.45) is 3.30. The number of amides is 2. The molecule has 134 valence electrons. The van der Waals surface area contributed by atoms with Crippen molar-refractivity contribution in [3.05, 3.63) is 42.2 Å². The molecule has 3 N–H and O–H groups in total. The van der Waals surface area contributed by atoms with Gasteiger partial charge in [-0.15, -0.1) is 0 Å². The molecule has 2 amide bonds. The highest BCUT2D eigenvalue weighted by Crippen LogP contribution is 2.29. The predicted octanol–water partition coefficient (Wildman–Crippen LogP) is 1.97. The molecule has 2 rings (SSSR count). The zero-order valence-electron chi connectivity index (χ0n) is 14.6. The number of carbonyl (C=O) groups is 1. The second kappa shape index (κ2) is 9.31. The summed E-state index contributed by atoms with van der Waals surface area (Å²) >= 11 is 0. The number of methoxy groups -OCH3 is 2. The first-order valence-electron chi connectivity index (χ1n) is 7.91. The molecule has 1 aromatic heterocycles.